The first-order chi connectivity index (χ1) is 49.9. The number of ether oxygens (including phenoxy) is 3. The van der Waals surface area contributed by atoms with Crippen LogP contribution in [-0.2, 0) is 25.4 Å². The summed E-state index contributed by atoms with van der Waals surface area (Å²) < 4.78 is 54.4. The van der Waals surface area contributed by atoms with E-state index in [4.69, 9.17) is 14.2 Å². The first-order valence-electron chi connectivity index (χ1n) is 34.9. The fourth-order valence-electron chi connectivity index (χ4n) is 18.8. The summed E-state index contributed by atoms with van der Waals surface area (Å²) in [5.74, 6) is 2.35. The van der Waals surface area contributed by atoms with E-state index >= 15 is 8.42 Å². The number of para-hydroxylation sites is 4. The van der Waals surface area contributed by atoms with E-state index in [1.165, 1.54) is 0 Å². The molecular formula is C93H65N3O5S. The lowest BCUT2D eigenvalue weighted by molar-refractivity contribution is -0.0220. The molecule has 3 atom stereocenters. The van der Waals surface area contributed by atoms with Crippen molar-refractivity contribution < 1.29 is 22.6 Å². The largest absolute Gasteiger partial charge is 0.457 e. The fourth-order valence-corrected chi connectivity index (χ4v) is 20.6. The van der Waals surface area contributed by atoms with Gasteiger partial charge in [-0.1, -0.05) is 237 Å². The Bertz CT molecular complexity index is 5670. The normalized spacial score (nSPS) is 19.8. The number of sulfone groups is 1. The molecule has 0 N–H and O–H groups in total. The van der Waals surface area contributed by atoms with Crippen molar-refractivity contribution in [2.75, 3.05) is 9.80 Å². The molecule has 13 aromatic carbocycles. The Kier molecular flexibility index (Phi) is 12.8. The first-order valence-corrected chi connectivity index (χ1v) is 36.4. The van der Waals surface area contributed by atoms with Gasteiger partial charge in [0.2, 0.25) is 9.84 Å². The number of rotatable bonds is 8. The van der Waals surface area contributed by atoms with Crippen molar-refractivity contribution in [3.63, 3.8) is 0 Å². The van der Waals surface area contributed by atoms with Gasteiger partial charge in [-0.05, 0) is 184 Å². The van der Waals surface area contributed by atoms with Gasteiger partial charge in [0, 0.05) is 45.1 Å². The second-order valence-corrected chi connectivity index (χ2v) is 30.7. The number of hydrogen-bond donors (Lipinski definition) is 0. The summed E-state index contributed by atoms with van der Waals surface area (Å²) in [5.41, 5.74) is 17.1. The molecule has 8 nitrogen and oxygen atoms in total. The standard InChI is InChI=1S/C93H65N3O5S/c1-89(2)86-68(58-94)88(95-78-49-45-63(59-27-9-4-10-28-59)53-73(78)92(74-54-64(46-50-79(74)95)60-29-11-5-12-30-60)69-37-19-23-41-82(69)99-83-42-24-20-38-70(83)92)91(57-77(91)87(86)90(3,101-89)102(97,98)67-35-17-8-18-36-67)96-80-51-47-65(61-31-13-6-14-32-61)55-75(80)93(76-56-66(48-52-81(76)96)62-33-15-7-16-34-62)71-39-21-25-43-84(71)100-85-44-26-22-40-72(85)93/h4-56,77H,57H2,1-3H3. The van der Waals surface area contributed by atoms with Crippen molar-refractivity contribution in [3.05, 3.63) is 388 Å². The minimum atomic E-state index is -4.41. The molecule has 0 aromatic heterocycles. The summed E-state index contributed by atoms with van der Waals surface area (Å²) in [7, 11) is -4.41. The van der Waals surface area contributed by atoms with Gasteiger partial charge in [0.25, 0.3) is 0 Å². The maximum absolute atomic E-state index is 16.4. The predicted octanol–water partition coefficient (Wildman–Crippen LogP) is 21.8. The van der Waals surface area contributed by atoms with Crippen LogP contribution in [0.15, 0.2) is 349 Å². The number of nitrogens with zero attached hydrogens (tertiary/aromatic N) is 3. The van der Waals surface area contributed by atoms with E-state index in [1.807, 2.05) is 44.2 Å². The van der Waals surface area contributed by atoms with Crippen molar-refractivity contribution >= 4 is 32.6 Å². The molecule has 5 heterocycles. The van der Waals surface area contributed by atoms with Gasteiger partial charge in [-0.2, -0.15) is 5.26 Å². The number of benzene rings is 13. The third-order valence-electron chi connectivity index (χ3n) is 22.9. The van der Waals surface area contributed by atoms with Gasteiger partial charge in [0.05, 0.1) is 49.5 Å². The van der Waals surface area contributed by atoms with Crippen LogP contribution in [0.1, 0.15) is 71.7 Å². The highest BCUT2D eigenvalue weighted by molar-refractivity contribution is 7.93. The van der Waals surface area contributed by atoms with Crippen LogP contribution in [0.25, 0.3) is 44.5 Å². The number of hydrogen-bond acceptors (Lipinski definition) is 8. The van der Waals surface area contributed by atoms with Gasteiger partial charge in [0.1, 0.15) is 29.1 Å². The minimum absolute atomic E-state index is 0.135. The molecule has 0 radical (unpaired) electrons. The van der Waals surface area contributed by atoms with Crippen molar-refractivity contribution in [2.24, 2.45) is 5.92 Å². The quantitative estimate of drug-likeness (QED) is 0.149. The zero-order chi connectivity index (χ0) is 68.5. The molecule has 1 fully saturated rings. The maximum atomic E-state index is 16.4. The summed E-state index contributed by atoms with van der Waals surface area (Å²) in [6, 6.07) is 115. The molecule has 488 valence electrons. The fraction of sp³-hybridized carbons (Fsp3) is 0.108. The van der Waals surface area contributed by atoms with E-state index in [0.29, 0.717) is 23.1 Å². The Balaban J connectivity index is 0.964. The molecule has 2 aliphatic carbocycles. The van der Waals surface area contributed by atoms with E-state index in [9.17, 15) is 5.26 Å². The van der Waals surface area contributed by atoms with E-state index in [1.54, 1.807) is 31.2 Å². The Morgan fingerprint density at radius 2 is 0.706 bits per heavy atom. The summed E-state index contributed by atoms with van der Waals surface area (Å²) in [5, 5.41) is 13.2. The predicted molar refractivity (Wildman–Crippen MR) is 403 cm³/mol. The Labute approximate surface area is 593 Å². The zero-order valence-corrected chi connectivity index (χ0v) is 57.0. The van der Waals surface area contributed by atoms with Gasteiger partial charge < -0.3 is 24.0 Å². The lowest BCUT2D eigenvalue weighted by atomic mass is 9.60. The second kappa shape index (κ2) is 21.7. The monoisotopic (exact) mass is 1340 g/mol. The Morgan fingerprint density at radius 1 is 0.382 bits per heavy atom. The third kappa shape index (κ3) is 8.02. The molecular weight excluding hydrogens is 1270 g/mol. The van der Waals surface area contributed by atoms with Crippen molar-refractivity contribution in [3.8, 4) is 73.6 Å². The number of nitriles is 1. The topological polar surface area (TPSA) is 92.1 Å². The van der Waals surface area contributed by atoms with Crippen molar-refractivity contribution in [2.45, 2.75) is 59.0 Å². The average molecular weight is 1340 g/mol. The molecule has 1 saturated carbocycles. The molecule has 9 heteroatoms. The molecule has 0 bridgehead atoms. The average Bonchev–Trinajstić information content (AvgIpc) is 1.47. The smallest absolute Gasteiger partial charge is 0.211 e. The summed E-state index contributed by atoms with van der Waals surface area (Å²) >= 11 is 0. The SMILES string of the molecule is CC1(C)OC(C)(S(=O)(=O)c2ccccc2)C2=C1C(C#N)=C(N1c3ccc(-c4ccccc4)cc3C3(c4ccccc4Oc4ccccc43)c3cc(-c4ccccc4)ccc31)C1(N3c4ccc(-c5ccccc5)cc4C4(c5ccccc5Oc5ccccc54)c4cc(-c5ccccc5)ccc43)CC21. The van der Waals surface area contributed by atoms with Crippen LogP contribution >= 0.6 is 0 Å². The van der Waals surface area contributed by atoms with Crippen LogP contribution in [0.4, 0.5) is 22.7 Å². The molecule has 2 spiro atoms. The van der Waals surface area contributed by atoms with Gasteiger partial charge in [-0.25, -0.2) is 8.42 Å². The zero-order valence-electron chi connectivity index (χ0n) is 56.2. The number of fused-ring (bicyclic) bond motifs is 18. The lowest BCUT2D eigenvalue weighted by Crippen LogP contribution is -2.52. The highest BCUT2D eigenvalue weighted by Gasteiger charge is 2.76. The second-order valence-electron chi connectivity index (χ2n) is 28.4. The van der Waals surface area contributed by atoms with Crippen LogP contribution in [0, 0.1) is 17.2 Å². The van der Waals surface area contributed by atoms with Crippen LogP contribution < -0.4 is 19.3 Å². The molecule has 5 aliphatic heterocycles. The van der Waals surface area contributed by atoms with Gasteiger partial charge >= 0.3 is 0 Å². The van der Waals surface area contributed by atoms with Gasteiger partial charge in [-0.3, -0.25) is 0 Å². The highest BCUT2D eigenvalue weighted by Crippen LogP contribution is 2.76. The molecule has 13 aromatic rings. The van der Waals surface area contributed by atoms with Crippen molar-refractivity contribution in [1.82, 2.24) is 0 Å². The molecule has 20 rings (SSSR count). The first kappa shape index (κ1) is 59.9. The molecule has 3 unspecified atom stereocenters. The van der Waals surface area contributed by atoms with Crippen LogP contribution in [0.3, 0.4) is 0 Å². The molecule has 0 saturated heterocycles. The molecule has 7 aliphatic rings. The Morgan fingerprint density at radius 3 is 1.07 bits per heavy atom. The number of anilines is 4. The van der Waals surface area contributed by atoms with Crippen LogP contribution in [0.2, 0.25) is 0 Å². The van der Waals surface area contributed by atoms with E-state index in [2.05, 4.69) is 283 Å². The van der Waals surface area contributed by atoms with Crippen molar-refractivity contribution in [1.29, 1.82) is 5.26 Å². The third-order valence-corrected chi connectivity index (χ3v) is 25.1. The summed E-state index contributed by atoms with van der Waals surface area (Å²) in [6.07, 6.45) is 0.380. The minimum Gasteiger partial charge on any atom is -0.457 e. The van der Waals surface area contributed by atoms with Gasteiger partial charge in [0.15, 0.2) is 4.93 Å². The maximum Gasteiger partial charge on any atom is 0.211 e. The molecule has 0 amide bonds. The van der Waals surface area contributed by atoms with E-state index in [0.717, 1.165) is 140 Å². The van der Waals surface area contributed by atoms with E-state index in [-0.39, 0.29) is 4.90 Å². The summed E-state index contributed by atoms with van der Waals surface area (Å²) in [6.45, 7) is 5.64. The summed E-state index contributed by atoms with van der Waals surface area (Å²) in [4.78, 5) is 3.15. The lowest BCUT2D eigenvalue weighted by Gasteiger charge is -2.54. The molecule has 102 heavy (non-hydrogen) atoms. The highest BCUT2D eigenvalue weighted by atomic mass is 32.2. The van der Waals surface area contributed by atoms with Crippen LogP contribution in [0.5, 0.6) is 23.0 Å². The Hall–Kier alpha value is -12.1. The van der Waals surface area contributed by atoms with E-state index < -0.39 is 42.7 Å². The van der Waals surface area contributed by atoms with Crippen LogP contribution in [-0.4, -0.2) is 24.5 Å². The van der Waals surface area contributed by atoms with Gasteiger partial charge in [-0.15, -0.1) is 0 Å².